The van der Waals surface area contributed by atoms with Crippen molar-refractivity contribution >= 4 is 22.9 Å². The Bertz CT molecular complexity index is 481. The molecule has 82 valence electrons. The van der Waals surface area contributed by atoms with Crippen molar-refractivity contribution in [3.8, 4) is 0 Å². The second-order valence-corrected chi connectivity index (χ2v) is 4.28. The van der Waals surface area contributed by atoms with Gasteiger partial charge in [-0.05, 0) is 18.6 Å². The van der Waals surface area contributed by atoms with E-state index in [2.05, 4.69) is 15.3 Å². The zero-order valence-electron chi connectivity index (χ0n) is 8.80. The van der Waals surface area contributed by atoms with Gasteiger partial charge in [-0.25, -0.2) is 4.98 Å². The minimum atomic E-state index is -0.122. The lowest BCUT2D eigenvalue weighted by molar-refractivity contribution is 0.103. The highest BCUT2D eigenvalue weighted by atomic mass is 32.1. The Kier molecular flexibility index (Phi) is 3.26. The predicted octanol–water partition coefficient (Wildman–Crippen LogP) is 2.35. The van der Waals surface area contributed by atoms with E-state index in [4.69, 9.17) is 0 Å². The average Bonchev–Trinajstić information content (AvgIpc) is 2.79. The van der Waals surface area contributed by atoms with Gasteiger partial charge in [-0.15, -0.1) is 11.3 Å². The number of aromatic nitrogens is 2. The van der Waals surface area contributed by atoms with E-state index >= 15 is 0 Å². The summed E-state index contributed by atoms with van der Waals surface area (Å²) in [7, 11) is 0. The molecule has 0 bridgehead atoms. The van der Waals surface area contributed by atoms with Gasteiger partial charge in [0, 0.05) is 18.1 Å². The highest BCUT2D eigenvalue weighted by molar-refractivity contribution is 7.13. The molecule has 0 radical (unpaired) electrons. The number of hydrogen-bond acceptors (Lipinski definition) is 4. The van der Waals surface area contributed by atoms with Crippen molar-refractivity contribution in [3.63, 3.8) is 0 Å². The molecule has 0 aromatic carbocycles. The number of nitrogens with one attached hydrogen (secondary N) is 1. The first kappa shape index (κ1) is 10.8. The monoisotopic (exact) mass is 233 g/mol. The van der Waals surface area contributed by atoms with Crippen molar-refractivity contribution in [2.75, 3.05) is 5.32 Å². The van der Waals surface area contributed by atoms with Crippen LogP contribution in [0.4, 0.5) is 5.69 Å². The topological polar surface area (TPSA) is 54.9 Å². The van der Waals surface area contributed by atoms with Crippen molar-refractivity contribution in [3.05, 3.63) is 40.6 Å². The Balaban J connectivity index is 2.09. The van der Waals surface area contributed by atoms with Gasteiger partial charge >= 0.3 is 0 Å². The van der Waals surface area contributed by atoms with Gasteiger partial charge in [0.1, 0.15) is 4.88 Å². The molecule has 4 nitrogen and oxygen atoms in total. The molecule has 16 heavy (non-hydrogen) atoms. The summed E-state index contributed by atoms with van der Waals surface area (Å²) >= 11 is 1.42. The van der Waals surface area contributed by atoms with Gasteiger partial charge in [-0.1, -0.05) is 6.92 Å². The zero-order valence-corrected chi connectivity index (χ0v) is 9.62. The van der Waals surface area contributed by atoms with Crippen LogP contribution in [0, 0.1) is 0 Å². The third-order valence-electron chi connectivity index (χ3n) is 2.02. The summed E-state index contributed by atoms with van der Waals surface area (Å²) in [6, 6.07) is 3.50. The Morgan fingerprint density at radius 2 is 2.19 bits per heavy atom. The van der Waals surface area contributed by atoms with Gasteiger partial charge in [0.05, 0.1) is 11.2 Å². The van der Waals surface area contributed by atoms with Gasteiger partial charge < -0.3 is 5.32 Å². The number of nitrogens with zero attached hydrogens (tertiary/aromatic N) is 2. The first-order valence-corrected chi connectivity index (χ1v) is 5.77. The fourth-order valence-electron chi connectivity index (χ4n) is 1.21. The number of amides is 1. The summed E-state index contributed by atoms with van der Waals surface area (Å²) in [5.41, 5.74) is 0.742. The number of pyridine rings is 1. The third-order valence-corrected chi connectivity index (χ3v) is 3.16. The zero-order chi connectivity index (χ0) is 11.4. The van der Waals surface area contributed by atoms with E-state index in [1.807, 2.05) is 6.92 Å². The van der Waals surface area contributed by atoms with Crippen LogP contribution in [-0.4, -0.2) is 15.9 Å². The normalized spacial score (nSPS) is 10.1. The Hall–Kier alpha value is -1.75. The highest BCUT2D eigenvalue weighted by Gasteiger charge is 2.09. The van der Waals surface area contributed by atoms with Crippen LogP contribution in [0.3, 0.4) is 0 Å². The van der Waals surface area contributed by atoms with Crippen molar-refractivity contribution in [2.24, 2.45) is 0 Å². The van der Waals surface area contributed by atoms with E-state index in [-0.39, 0.29) is 5.91 Å². The molecule has 0 aliphatic heterocycles. The minimum absolute atomic E-state index is 0.122. The van der Waals surface area contributed by atoms with Crippen LogP contribution in [0.25, 0.3) is 0 Å². The highest BCUT2D eigenvalue weighted by Crippen LogP contribution is 2.15. The van der Waals surface area contributed by atoms with Crippen LogP contribution < -0.4 is 5.32 Å². The summed E-state index contributed by atoms with van der Waals surface area (Å²) in [4.78, 5) is 20.4. The second-order valence-electron chi connectivity index (χ2n) is 3.16. The largest absolute Gasteiger partial charge is 0.321 e. The molecule has 0 unspecified atom stereocenters. The van der Waals surface area contributed by atoms with Crippen molar-refractivity contribution in [1.29, 1.82) is 0 Å². The Morgan fingerprint density at radius 3 is 2.81 bits per heavy atom. The standard InChI is InChI=1S/C11H11N3OS/c1-2-10-13-7-9(16-10)11(15)14-8-3-5-12-6-4-8/h3-7H,2H2,1H3,(H,12,14,15). The van der Waals surface area contributed by atoms with Crippen molar-refractivity contribution < 1.29 is 4.79 Å². The molecule has 1 amide bonds. The first-order valence-electron chi connectivity index (χ1n) is 4.95. The number of thiazole rings is 1. The smallest absolute Gasteiger partial charge is 0.267 e. The van der Waals surface area contributed by atoms with Crippen LogP contribution in [-0.2, 0) is 6.42 Å². The van der Waals surface area contributed by atoms with E-state index in [1.54, 1.807) is 30.7 Å². The van der Waals surface area contributed by atoms with Gasteiger partial charge in [-0.2, -0.15) is 0 Å². The van der Waals surface area contributed by atoms with Crippen LogP contribution in [0.1, 0.15) is 21.6 Å². The molecule has 0 aliphatic rings. The molecule has 0 aliphatic carbocycles. The maximum absolute atomic E-state index is 11.8. The lowest BCUT2D eigenvalue weighted by Gasteiger charge is -2.01. The summed E-state index contributed by atoms with van der Waals surface area (Å²) in [5.74, 6) is -0.122. The average molecular weight is 233 g/mol. The maximum Gasteiger partial charge on any atom is 0.267 e. The van der Waals surface area contributed by atoms with E-state index < -0.39 is 0 Å². The molecule has 0 saturated heterocycles. The fraction of sp³-hybridized carbons (Fsp3) is 0.182. The van der Waals surface area contributed by atoms with Gasteiger partial charge in [0.2, 0.25) is 0 Å². The molecule has 2 aromatic heterocycles. The van der Waals surface area contributed by atoms with Crippen LogP contribution >= 0.6 is 11.3 Å². The quantitative estimate of drug-likeness (QED) is 0.885. The molecule has 0 atom stereocenters. The van der Waals surface area contributed by atoms with E-state index in [9.17, 15) is 4.79 Å². The summed E-state index contributed by atoms with van der Waals surface area (Å²) in [6.45, 7) is 2.02. The summed E-state index contributed by atoms with van der Waals surface area (Å²) in [6.07, 6.45) is 5.74. The molecule has 2 rings (SSSR count). The lowest BCUT2D eigenvalue weighted by Crippen LogP contribution is -2.09. The van der Waals surface area contributed by atoms with E-state index in [0.29, 0.717) is 4.88 Å². The predicted molar refractivity (Wildman–Crippen MR) is 63.7 cm³/mol. The molecule has 0 saturated carbocycles. The molecular weight excluding hydrogens is 222 g/mol. The molecular formula is C11H11N3OS. The summed E-state index contributed by atoms with van der Waals surface area (Å²) in [5, 5.41) is 3.76. The van der Waals surface area contributed by atoms with Crippen LogP contribution in [0.15, 0.2) is 30.7 Å². The SMILES string of the molecule is CCc1ncc(C(=O)Nc2ccncc2)s1. The fourth-order valence-corrected chi connectivity index (χ4v) is 1.96. The summed E-state index contributed by atoms with van der Waals surface area (Å²) < 4.78 is 0. The van der Waals surface area contributed by atoms with Crippen molar-refractivity contribution in [1.82, 2.24) is 9.97 Å². The van der Waals surface area contributed by atoms with E-state index in [0.717, 1.165) is 17.1 Å². The molecule has 1 N–H and O–H groups in total. The van der Waals surface area contributed by atoms with Gasteiger partial charge in [0.25, 0.3) is 5.91 Å². The lowest BCUT2D eigenvalue weighted by atomic mass is 10.4. The first-order chi connectivity index (χ1) is 7.79. The Morgan fingerprint density at radius 1 is 1.44 bits per heavy atom. The number of hydrogen-bond donors (Lipinski definition) is 1. The second kappa shape index (κ2) is 4.85. The minimum Gasteiger partial charge on any atom is -0.321 e. The Labute approximate surface area is 97.4 Å². The number of carbonyl (C=O) groups excluding carboxylic acids is 1. The number of rotatable bonds is 3. The number of anilines is 1. The van der Waals surface area contributed by atoms with Gasteiger partial charge in [-0.3, -0.25) is 9.78 Å². The molecule has 2 aromatic rings. The third kappa shape index (κ3) is 2.43. The number of aryl methyl sites for hydroxylation is 1. The van der Waals surface area contributed by atoms with Crippen LogP contribution in [0.2, 0.25) is 0 Å². The molecule has 5 heteroatoms. The maximum atomic E-state index is 11.8. The van der Waals surface area contributed by atoms with Crippen LogP contribution in [0.5, 0.6) is 0 Å². The molecule has 0 spiro atoms. The molecule has 2 heterocycles. The molecule has 0 fully saturated rings. The van der Waals surface area contributed by atoms with Crippen molar-refractivity contribution in [2.45, 2.75) is 13.3 Å². The van der Waals surface area contributed by atoms with E-state index in [1.165, 1.54) is 11.3 Å². The van der Waals surface area contributed by atoms with Gasteiger partial charge in [0.15, 0.2) is 0 Å². The number of carbonyl (C=O) groups is 1.